The van der Waals surface area contributed by atoms with Crippen molar-refractivity contribution < 1.29 is 9.53 Å². The minimum Gasteiger partial charge on any atom is -0.497 e. The first-order valence-electron chi connectivity index (χ1n) is 10.1. The molecule has 30 heavy (non-hydrogen) atoms. The van der Waals surface area contributed by atoms with Gasteiger partial charge in [0.2, 0.25) is 0 Å². The lowest BCUT2D eigenvalue weighted by Gasteiger charge is -2.28. The molecule has 1 N–H and O–H groups in total. The molecule has 1 aromatic heterocycles. The van der Waals surface area contributed by atoms with Crippen LogP contribution in [0.25, 0.3) is 5.69 Å². The van der Waals surface area contributed by atoms with E-state index in [0.717, 1.165) is 30.1 Å². The van der Waals surface area contributed by atoms with E-state index in [4.69, 9.17) is 16.3 Å². The van der Waals surface area contributed by atoms with Crippen LogP contribution in [0.4, 0.5) is 0 Å². The number of nitrogens with zero attached hydrogens (tertiary/aromatic N) is 3. The van der Waals surface area contributed by atoms with Crippen LogP contribution in [0.3, 0.4) is 0 Å². The molecule has 1 unspecified atom stereocenters. The molecule has 4 rings (SSSR count). The van der Waals surface area contributed by atoms with Crippen LogP contribution in [-0.4, -0.2) is 47.3 Å². The van der Waals surface area contributed by atoms with E-state index in [1.807, 2.05) is 36.4 Å². The van der Waals surface area contributed by atoms with Gasteiger partial charge in [0.05, 0.1) is 35.6 Å². The lowest BCUT2D eigenvalue weighted by atomic mass is 10.0. The summed E-state index contributed by atoms with van der Waals surface area (Å²) in [7, 11) is 1.67. The van der Waals surface area contributed by atoms with E-state index in [2.05, 4.69) is 21.4 Å². The van der Waals surface area contributed by atoms with E-state index in [9.17, 15) is 4.79 Å². The second-order valence-corrected chi connectivity index (χ2v) is 7.78. The van der Waals surface area contributed by atoms with Gasteiger partial charge in [0.25, 0.3) is 5.91 Å². The number of nitrogens with one attached hydrogen (secondary N) is 1. The molecule has 0 aliphatic carbocycles. The van der Waals surface area contributed by atoms with Gasteiger partial charge in [-0.15, -0.1) is 0 Å². The van der Waals surface area contributed by atoms with Crippen LogP contribution in [0.2, 0.25) is 5.02 Å². The van der Waals surface area contributed by atoms with Gasteiger partial charge in [-0.2, -0.15) is 5.10 Å². The highest BCUT2D eigenvalue weighted by molar-refractivity contribution is 6.32. The van der Waals surface area contributed by atoms with Gasteiger partial charge >= 0.3 is 0 Å². The number of likely N-dealkylation sites (tertiary alicyclic amines) is 1. The number of methoxy groups -OCH3 is 1. The van der Waals surface area contributed by atoms with Crippen LogP contribution in [-0.2, 0) is 0 Å². The number of benzene rings is 2. The molecular formula is C23H25ClN4O2. The molecule has 0 spiro atoms. The molecule has 1 aliphatic heterocycles. The van der Waals surface area contributed by atoms with Gasteiger partial charge in [-0.25, -0.2) is 4.68 Å². The average molecular weight is 425 g/mol. The SMILES string of the molecule is COc1cccc(C(CNC(=O)c2cnn(-c3ccccc3Cl)c2)N2CCCC2)c1. The zero-order valence-electron chi connectivity index (χ0n) is 16.9. The van der Waals surface area contributed by atoms with Crippen molar-refractivity contribution >= 4 is 17.5 Å². The summed E-state index contributed by atoms with van der Waals surface area (Å²) >= 11 is 6.24. The van der Waals surface area contributed by atoms with Gasteiger partial charge in [0.1, 0.15) is 5.75 Å². The number of rotatable bonds is 7. The number of ether oxygens (including phenoxy) is 1. The molecule has 2 aromatic carbocycles. The maximum atomic E-state index is 12.8. The Kier molecular flexibility index (Phi) is 6.35. The Morgan fingerprint density at radius 3 is 2.77 bits per heavy atom. The van der Waals surface area contributed by atoms with Crippen LogP contribution >= 0.6 is 11.6 Å². The van der Waals surface area contributed by atoms with Gasteiger partial charge in [-0.05, 0) is 55.8 Å². The second kappa shape index (κ2) is 9.32. The van der Waals surface area contributed by atoms with Crippen LogP contribution < -0.4 is 10.1 Å². The van der Waals surface area contributed by atoms with Crippen molar-refractivity contribution in [2.75, 3.05) is 26.7 Å². The Hall–Kier alpha value is -2.83. The topological polar surface area (TPSA) is 59.4 Å². The molecule has 6 nitrogen and oxygen atoms in total. The standard InChI is InChI=1S/C23H25ClN4O2/c1-30-19-8-6-7-17(13-19)22(27-11-4-5-12-27)15-25-23(29)18-14-26-28(16-18)21-10-3-2-9-20(21)24/h2-3,6-10,13-14,16,22H,4-5,11-12,15H2,1H3,(H,25,29). The number of para-hydroxylation sites is 1. The summed E-state index contributed by atoms with van der Waals surface area (Å²) < 4.78 is 7.01. The number of aromatic nitrogens is 2. The quantitative estimate of drug-likeness (QED) is 0.620. The van der Waals surface area contributed by atoms with Crippen molar-refractivity contribution in [3.8, 4) is 11.4 Å². The van der Waals surface area contributed by atoms with Gasteiger partial charge < -0.3 is 10.1 Å². The maximum absolute atomic E-state index is 12.8. The molecule has 1 saturated heterocycles. The van der Waals surface area contributed by atoms with Gasteiger partial charge in [-0.3, -0.25) is 9.69 Å². The summed E-state index contributed by atoms with van der Waals surface area (Å²) in [6.07, 6.45) is 5.63. The van der Waals surface area contributed by atoms with Crippen molar-refractivity contribution in [3.05, 3.63) is 77.1 Å². The fraction of sp³-hybridized carbons (Fsp3) is 0.304. The fourth-order valence-corrected chi connectivity index (χ4v) is 4.08. The normalized spacial score (nSPS) is 15.1. The lowest BCUT2D eigenvalue weighted by Crippen LogP contribution is -2.36. The molecule has 156 valence electrons. The molecule has 3 aromatic rings. The van der Waals surface area contributed by atoms with Crippen LogP contribution in [0.5, 0.6) is 5.75 Å². The molecule has 1 fully saturated rings. The minimum absolute atomic E-state index is 0.102. The molecular weight excluding hydrogens is 400 g/mol. The van der Waals surface area contributed by atoms with Gasteiger partial charge in [-0.1, -0.05) is 35.9 Å². The second-order valence-electron chi connectivity index (χ2n) is 7.37. The number of amides is 1. The monoisotopic (exact) mass is 424 g/mol. The van der Waals surface area contributed by atoms with Crippen LogP contribution in [0.15, 0.2) is 60.9 Å². The number of hydrogen-bond donors (Lipinski definition) is 1. The van der Waals surface area contributed by atoms with E-state index >= 15 is 0 Å². The molecule has 1 aliphatic rings. The highest BCUT2D eigenvalue weighted by Gasteiger charge is 2.24. The first kappa shape index (κ1) is 20.4. The van der Waals surface area contributed by atoms with E-state index in [1.54, 1.807) is 30.3 Å². The molecule has 1 atom stereocenters. The van der Waals surface area contributed by atoms with E-state index in [-0.39, 0.29) is 11.9 Å². The Morgan fingerprint density at radius 1 is 1.20 bits per heavy atom. The average Bonchev–Trinajstić information content (AvgIpc) is 3.47. The first-order chi connectivity index (χ1) is 14.7. The summed E-state index contributed by atoms with van der Waals surface area (Å²) in [4.78, 5) is 15.2. The summed E-state index contributed by atoms with van der Waals surface area (Å²) in [6, 6.07) is 15.6. The molecule has 2 heterocycles. The number of carbonyl (C=O) groups excluding carboxylic acids is 1. The maximum Gasteiger partial charge on any atom is 0.254 e. The summed E-state index contributed by atoms with van der Waals surface area (Å²) in [5, 5.41) is 7.96. The smallest absolute Gasteiger partial charge is 0.254 e. The lowest BCUT2D eigenvalue weighted by molar-refractivity contribution is 0.0938. The minimum atomic E-state index is -0.152. The number of halogens is 1. The molecule has 0 radical (unpaired) electrons. The largest absolute Gasteiger partial charge is 0.497 e. The fourth-order valence-electron chi connectivity index (χ4n) is 3.86. The van der Waals surface area contributed by atoms with Crippen molar-refractivity contribution in [1.82, 2.24) is 20.0 Å². The molecule has 0 bridgehead atoms. The van der Waals surface area contributed by atoms with Crippen molar-refractivity contribution in [3.63, 3.8) is 0 Å². The van der Waals surface area contributed by atoms with E-state index in [1.165, 1.54) is 12.8 Å². The highest BCUT2D eigenvalue weighted by Crippen LogP contribution is 2.27. The Morgan fingerprint density at radius 2 is 2.00 bits per heavy atom. The zero-order chi connectivity index (χ0) is 20.9. The first-order valence-corrected chi connectivity index (χ1v) is 10.5. The third kappa shape index (κ3) is 4.50. The molecule has 0 saturated carbocycles. The summed E-state index contributed by atoms with van der Waals surface area (Å²) in [5.41, 5.74) is 2.38. The predicted octanol–water partition coefficient (Wildman–Crippen LogP) is 4.10. The van der Waals surface area contributed by atoms with E-state index < -0.39 is 0 Å². The Balaban J connectivity index is 1.48. The van der Waals surface area contributed by atoms with Crippen LogP contribution in [0, 0.1) is 0 Å². The number of carbonyl (C=O) groups is 1. The van der Waals surface area contributed by atoms with Gasteiger partial charge in [0.15, 0.2) is 0 Å². The van der Waals surface area contributed by atoms with Crippen molar-refractivity contribution in [2.45, 2.75) is 18.9 Å². The third-order valence-electron chi connectivity index (χ3n) is 5.46. The van der Waals surface area contributed by atoms with Crippen molar-refractivity contribution in [1.29, 1.82) is 0 Å². The van der Waals surface area contributed by atoms with Gasteiger partial charge in [0, 0.05) is 12.7 Å². The summed E-state index contributed by atoms with van der Waals surface area (Å²) in [5.74, 6) is 0.671. The highest BCUT2D eigenvalue weighted by atomic mass is 35.5. The third-order valence-corrected chi connectivity index (χ3v) is 5.78. The molecule has 7 heteroatoms. The van der Waals surface area contributed by atoms with Crippen LogP contribution in [0.1, 0.15) is 34.8 Å². The zero-order valence-corrected chi connectivity index (χ0v) is 17.7. The Bertz CT molecular complexity index is 1010. The molecule has 1 amide bonds. The number of hydrogen-bond acceptors (Lipinski definition) is 4. The van der Waals surface area contributed by atoms with Crippen molar-refractivity contribution in [2.24, 2.45) is 0 Å². The predicted molar refractivity (Wildman–Crippen MR) is 117 cm³/mol. The Labute approximate surface area is 181 Å². The summed E-state index contributed by atoms with van der Waals surface area (Å²) in [6.45, 7) is 2.58. The van der Waals surface area contributed by atoms with E-state index in [0.29, 0.717) is 17.1 Å².